The summed E-state index contributed by atoms with van der Waals surface area (Å²) in [6, 6.07) is 4.97. The first-order valence-corrected chi connectivity index (χ1v) is 9.46. The quantitative estimate of drug-likeness (QED) is 0.771. The van der Waals surface area contributed by atoms with Crippen molar-refractivity contribution in [1.82, 2.24) is 5.32 Å². The average molecular weight is 385 g/mol. The summed E-state index contributed by atoms with van der Waals surface area (Å²) in [5.74, 6) is -0.743. The number of nitrogens with one attached hydrogen (secondary N) is 1. The second-order valence-corrected chi connectivity index (χ2v) is 8.08. The van der Waals surface area contributed by atoms with Gasteiger partial charge in [0, 0.05) is 29.3 Å². The maximum atomic E-state index is 13.1. The molecule has 0 amide bonds. The van der Waals surface area contributed by atoms with Crippen LogP contribution in [0, 0.1) is 5.41 Å². The van der Waals surface area contributed by atoms with Gasteiger partial charge in [0.1, 0.15) is 0 Å². The fourth-order valence-corrected chi connectivity index (χ4v) is 4.14. The Bertz CT molecular complexity index is 894. The highest BCUT2D eigenvalue weighted by Crippen LogP contribution is 2.47. The number of ketones is 1. The zero-order chi connectivity index (χ0) is 20.6. The number of methoxy groups -OCH3 is 1. The molecule has 0 spiro atoms. The summed E-state index contributed by atoms with van der Waals surface area (Å²) in [5, 5.41) is 13.6. The lowest BCUT2D eigenvalue weighted by Crippen LogP contribution is -2.38. The van der Waals surface area contributed by atoms with Crippen LogP contribution in [-0.2, 0) is 14.3 Å². The average Bonchev–Trinajstić information content (AvgIpc) is 2.59. The molecule has 150 valence electrons. The molecule has 1 unspecified atom stereocenters. The van der Waals surface area contributed by atoms with E-state index in [4.69, 9.17) is 9.47 Å². The van der Waals surface area contributed by atoms with E-state index in [9.17, 15) is 14.7 Å². The number of benzene rings is 1. The van der Waals surface area contributed by atoms with Crippen LogP contribution in [0.2, 0.25) is 0 Å². The molecule has 1 aliphatic carbocycles. The third-order valence-corrected chi connectivity index (χ3v) is 5.27. The Balaban J connectivity index is 2.19. The number of rotatable bonds is 4. The summed E-state index contributed by atoms with van der Waals surface area (Å²) in [5.41, 5.74) is 2.99. The lowest BCUT2D eigenvalue weighted by atomic mass is 9.68. The van der Waals surface area contributed by atoms with Crippen LogP contribution in [0.1, 0.15) is 52.0 Å². The Hall–Kier alpha value is -2.76. The van der Waals surface area contributed by atoms with Crippen LogP contribution < -0.4 is 10.1 Å². The number of esters is 1. The number of phenols is 1. The molecule has 1 heterocycles. The number of phenolic OH excluding ortho intramolecular Hbond substituents is 1. The molecule has 6 nitrogen and oxygen atoms in total. The third kappa shape index (κ3) is 3.51. The maximum Gasteiger partial charge on any atom is 0.336 e. The number of dihydropyridines is 1. The van der Waals surface area contributed by atoms with Gasteiger partial charge in [0.2, 0.25) is 0 Å². The minimum Gasteiger partial charge on any atom is -0.504 e. The molecule has 28 heavy (non-hydrogen) atoms. The topological polar surface area (TPSA) is 84.9 Å². The molecule has 6 heteroatoms. The van der Waals surface area contributed by atoms with Gasteiger partial charge in [-0.2, -0.15) is 0 Å². The van der Waals surface area contributed by atoms with Crippen molar-refractivity contribution in [3.8, 4) is 11.5 Å². The molecule has 2 N–H and O–H groups in total. The molecule has 1 aromatic carbocycles. The number of hydrogen-bond donors (Lipinski definition) is 2. The van der Waals surface area contributed by atoms with Gasteiger partial charge in [-0.05, 0) is 43.4 Å². The largest absolute Gasteiger partial charge is 0.504 e. The predicted octanol–water partition coefficient (Wildman–Crippen LogP) is 3.57. The molecule has 0 bridgehead atoms. The summed E-state index contributed by atoms with van der Waals surface area (Å²) in [4.78, 5) is 25.9. The summed E-state index contributed by atoms with van der Waals surface area (Å²) < 4.78 is 10.4. The first-order chi connectivity index (χ1) is 13.2. The Morgan fingerprint density at radius 2 is 2.04 bits per heavy atom. The zero-order valence-corrected chi connectivity index (χ0v) is 17.0. The van der Waals surface area contributed by atoms with Gasteiger partial charge in [-0.25, -0.2) is 4.79 Å². The molecule has 1 aliphatic heterocycles. The first kappa shape index (κ1) is 20.0. The van der Waals surface area contributed by atoms with Crippen LogP contribution in [-0.4, -0.2) is 30.6 Å². The highest BCUT2D eigenvalue weighted by Gasteiger charge is 2.43. The highest BCUT2D eigenvalue weighted by atomic mass is 16.5. The smallest absolute Gasteiger partial charge is 0.336 e. The van der Waals surface area contributed by atoms with Gasteiger partial charge in [-0.3, -0.25) is 4.79 Å². The second-order valence-electron chi connectivity index (χ2n) is 8.08. The van der Waals surface area contributed by atoms with Crippen LogP contribution >= 0.6 is 0 Å². The molecule has 0 aromatic heterocycles. The van der Waals surface area contributed by atoms with E-state index in [1.165, 1.54) is 7.11 Å². The van der Waals surface area contributed by atoms with Gasteiger partial charge in [-0.15, -0.1) is 0 Å². The third-order valence-electron chi connectivity index (χ3n) is 5.27. The van der Waals surface area contributed by atoms with E-state index in [0.717, 1.165) is 5.70 Å². The number of aromatic hydroxyl groups is 1. The van der Waals surface area contributed by atoms with Crippen LogP contribution in [0.4, 0.5) is 0 Å². The molecule has 3 rings (SSSR count). The molecule has 1 aromatic rings. The lowest BCUT2D eigenvalue weighted by molar-refractivity contribution is -0.138. The van der Waals surface area contributed by atoms with Crippen molar-refractivity contribution in [2.75, 3.05) is 13.7 Å². The monoisotopic (exact) mass is 385 g/mol. The normalized spacial score (nSPS) is 21.2. The van der Waals surface area contributed by atoms with Gasteiger partial charge in [0.25, 0.3) is 0 Å². The van der Waals surface area contributed by atoms with Crippen molar-refractivity contribution in [3.63, 3.8) is 0 Å². The van der Waals surface area contributed by atoms with Crippen LogP contribution in [0.3, 0.4) is 0 Å². The van der Waals surface area contributed by atoms with E-state index in [1.807, 2.05) is 6.92 Å². The van der Waals surface area contributed by atoms with Gasteiger partial charge < -0.3 is 19.9 Å². The van der Waals surface area contributed by atoms with Gasteiger partial charge in [0.05, 0.1) is 19.3 Å². The number of carbonyl (C=O) groups is 2. The Morgan fingerprint density at radius 3 is 2.64 bits per heavy atom. The fourth-order valence-electron chi connectivity index (χ4n) is 4.14. The number of ether oxygens (including phenoxy) is 2. The van der Waals surface area contributed by atoms with E-state index in [2.05, 4.69) is 19.2 Å². The lowest BCUT2D eigenvalue weighted by Gasteiger charge is -2.39. The fraction of sp³-hybridized carbons (Fsp3) is 0.455. The summed E-state index contributed by atoms with van der Waals surface area (Å²) >= 11 is 0. The number of allylic oxidation sites excluding steroid dienone is 3. The highest BCUT2D eigenvalue weighted by molar-refractivity contribution is 6.04. The Labute approximate surface area is 165 Å². The van der Waals surface area contributed by atoms with E-state index in [0.29, 0.717) is 41.0 Å². The van der Waals surface area contributed by atoms with Crippen LogP contribution in [0.5, 0.6) is 11.5 Å². The molecule has 2 aliphatic rings. The van der Waals surface area contributed by atoms with Crippen LogP contribution in [0.25, 0.3) is 0 Å². The van der Waals surface area contributed by atoms with Crippen molar-refractivity contribution < 1.29 is 24.2 Å². The van der Waals surface area contributed by atoms with Crippen molar-refractivity contribution >= 4 is 11.8 Å². The molecule has 0 radical (unpaired) electrons. The van der Waals surface area contributed by atoms with Crippen LogP contribution in [0.15, 0.2) is 40.7 Å². The first-order valence-electron chi connectivity index (χ1n) is 9.46. The summed E-state index contributed by atoms with van der Waals surface area (Å²) in [7, 11) is 1.47. The maximum absolute atomic E-state index is 13.1. The minimum absolute atomic E-state index is 0.00774. The van der Waals surface area contributed by atoms with Gasteiger partial charge in [0.15, 0.2) is 17.3 Å². The standard InChI is InChI=1S/C22H27NO5/c1-6-28-21(26)18-12(2)23-14-10-22(3,4)11-16(25)20(14)19(18)13-7-8-17(27-5)15(24)9-13/h7-9,19,23-24H,6,10-11H2,1-5H3. The van der Waals surface area contributed by atoms with E-state index < -0.39 is 11.9 Å². The van der Waals surface area contributed by atoms with E-state index >= 15 is 0 Å². The summed E-state index contributed by atoms with van der Waals surface area (Å²) in [6.45, 7) is 7.92. The SMILES string of the molecule is CCOC(=O)C1=C(C)NC2=C(C(=O)CC(C)(C)C2)C1c1ccc(OC)c(O)c1. The molecule has 1 atom stereocenters. The molecule has 0 saturated heterocycles. The van der Waals surface area contributed by atoms with E-state index in [-0.39, 0.29) is 23.6 Å². The zero-order valence-electron chi connectivity index (χ0n) is 17.0. The predicted molar refractivity (Wildman–Crippen MR) is 105 cm³/mol. The molecular weight excluding hydrogens is 358 g/mol. The van der Waals surface area contributed by atoms with Crippen molar-refractivity contribution in [3.05, 3.63) is 46.3 Å². The van der Waals surface area contributed by atoms with Crippen molar-refractivity contribution in [2.45, 2.75) is 46.5 Å². The molecule has 0 saturated carbocycles. The second kappa shape index (κ2) is 7.34. The Morgan fingerprint density at radius 1 is 1.32 bits per heavy atom. The van der Waals surface area contributed by atoms with E-state index in [1.54, 1.807) is 25.1 Å². The molecule has 0 fully saturated rings. The minimum atomic E-state index is -0.587. The number of Topliss-reactive ketones (excluding diaryl/α,β-unsaturated/α-hetero) is 1. The Kier molecular flexibility index (Phi) is 5.24. The van der Waals surface area contributed by atoms with Gasteiger partial charge in [-0.1, -0.05) is 19.9 Å². The van der Waals surface area contributed by atoms with Crippen molar-refractivity contribution in [2.24, 2.45) is 5.41 Å². The molecular formula is C22H27NO5. The number of carbonyl (C=O) groups excluding carboxylic acids is 2. The number of hydrogen-bond acceptors (Lipinski definition) is 6. The summed E-state index contributed by atoms with van der Waals surface area (Å²) in [6.07, 6.45) is 1.11. The van der Waals surface area contributed by atoms with Gasteiger partial charge >= 0.3 is 5.97 Å². The van der Waals surface area contributed by atoms with Crippen molar-refractivity contribution in [1.29, 1.82) is 0 Å².